The van der Waals surface area contributed by atoms with Crippen LogP contribution in [-0.4, -0.2) is 107 Å². The number of hydrogen-bond acceptors (Lipinski definition) is 13. The van der Waals surface area contributed by atoms with E-state index in [4.69, 9.17) is 16.3 Å². The fraction of sp³-hybridized carbons (Fsp3) is 0.404. The largest absolute Gasteiger partial charge is 0.494 e. The van der Waals surface area contributed by atoms with E-state index in [9.17, 15) is 23.3 Å². The van der Waals surface area contributed by atoms with Crippen molar-refractivity contribution in [2.75, 3.05) is 80.1 Å². The van der Waals surface area contributed by atoms with Gasteiger partial charge in [-0.2, -0.15) is 4.98 Å². The molecule has 0 bridgehead atoms. The van der Waals surface area contributed by atoms with Crippen LogP contribution >= 0.6 is 18.7 Å². The average Bonchev–Trinajstić information content (AvgIpc) is 3.50. The highest BCUT2D eigenvalue weighted by Crippen LogP contribution is 2.47. The maximum atomic E-state index is 14.7. The first kappa shape index (κ1) is 43.8. The van der Waals surface area contributed by atoms with Gasteiger partial charge >= 0.3 is 5.69 Å². The van der Waals surface area contributed by atoms with Gasteiger partial charge in [-0.1, -0.05) is 17.7 Å². The molecule has 2 amide bonds. The summed E-state index contributed by atoms with van der Waals surface area (Å²) >= 11 is 6.60. The molecule has 4 saturated heterocycles. The highest BCUT2D eigenvalue weighted by Gasteiger charge is 2.53. The molecule has 4 aliphatic rings. The number of aryl methyl sites for hydroxylation is 3. The highest BCUT2D eigenvalue weighted by molar-refractivity contribution is 7.71. The van der Waals surface area contributed by atoms with Crippen molar-refractivity contribution in [2.45, 2.75) is 51.6 Å². The number of hydrogen-bond donors (Lipinski definition) is 3. The van der Waals surface area contributed by atoms with Crippen LogP contribution in [0.1, 0.15) is 43.0 Å². The van der Waals surface area contributed by atoms with Gasteiger partial charge in [0, 0.05) is 86.6 Å². The Morgan fingerprint density at radius 2 is 1.68 bits per heavy atom. The van der Waals surface area contributed by atoms with E-state index in [1.807, 2.05) is 18.2 Å². The minimum absolute atomic E-state index is 0.206. The molecule has 10 rings (SSSR count). The van der Waals surface area contributed by atoms with Crippen molar-refractivity contribution in [1.29, 1.82) is 0 Å². The Hall–Kier alpha value is -6.03. The third kappa shape index (κ3) is 7.64. The van der Waals surface area contributed by atoms with Crippen LogP contribution in [-0.2, 0) is 21.2 Å². The van der Waals surface area contributed by atoms with E-state index in [0.717, 1.165) is 74.6 Å². The smallest absolute Gasteiger partial charge is 0.329 e. The molecule has 344 valence electrons. The Kier molecular flexibility index (Phi) is 10.9. The molecule has 7 heterocycles. The lowest BCUT2D eigenvalue weighted by Crippen LogP contribution is -2.74. The Labute approximate surface area is 385 Å². The topological polar surface area (TPSA) is 172 Å². The summed E-state index contributed by atoms with van der Waals surface area (Å²) in [5.74, 6) is -0.0258. The maximum absolute atomic E-state index is 14.7. The number of likely N-dealkylation sites (tertiary alicyclic amines) is 1. The normalized spacial score (nSPS) is 19.0. The number of aromatic nitrogens is 5. The van der Waals surface area contributed by atoms with E-state index < -0.39 is 24.9 Å². The van der Waals surface area contributed by atoms with Crippen molar-refractivity contribution in [3.05, 3.63) is 87.3 Å². The number of imidazole rings is 1. The molecular weight excluding hydrogens is 884 g/mol. The number of piperidine rings is 2. The van der Waals surface area contributed by atoms with Gasteiger partial charge in [-0.15, -0.1) is 0 Å². The van der Waals surface area contributed by atoms with E-state index in [-0.39, 0.29) is 45.9 Å². The molecule has 3 N–H and O–H groups in total. The van der Waals surface area contributed by atoms with E-state index >= 15 is 0 Å². The Balaban J connectivity index is 0.777. The Bertz CT molecular complexity index is 3090. The zero-order valence-electron chi connectivity index (χ0n) is 37.7. The zero-order valence-corrected chi connectivity index (χ0v) is 39.4. The van der Waals surface area contributed by atoms with Crippen molar-refractivity contribution in [1.82, 2.24) is 34.3 Å². The van der Waals surface area contributed by atoms with Gasteiger partial charge in [0.2, 0.25) is 17.8 Å². The Morgan fingerprint density at radius 1 is 0.924 bits per heavy atom. The van der Waals surface area contributed by atoms with Gasteiger partial charge in [0.25, 0.3) is 0 Å². The SMILES string of the molecule is COc1cc(N2CC3(C2)CN(C2CCN(c4cccc5c4n(C)c(=O)n5C4CCC(=O)NC4=O)CC2)C3)c(C)cc1Nc1ncc(Cl)c(Nc2ccc3nc(C)c(F)cc3c2P(C)(C)=O)n1. The molecule has 3 aromatic carbocycles. The molecular formula is C47H52ClFN11O5P. The summed E-state index contributed by atoms with van der Waals surface area (Å²) in [6.07, 6.45) is 4.02. The minimum atomic E-state index is -2.94. The second-order valence-corrected chi connectivity index (χ2v) is 22.3. The number of benzene rings is 3. The van der Waals surface area contributed by atoms with Crippen LogP contribution in [0.4, 0.5) is 38.9 Å². The highest BCUT2D eigenvalue weighted by atomic mass is 35.5. The number of amides is 2. The van der Waals surface area contributed by atoms with E-state index in [1.54, 1.807) is 55.7 Å². The first-order valence-corrected chi connectivity index (χ1v) is 25.2. The number of carbonyl (C=O) groups is 2. The quantitative estimate of drug-likeness (QED) is 0.0993. The third-order valence-electron chi connectivity index (χ3n) is 13.8. The number of pyridine rings is 1. The molecule has 3 aromatic heterocycles. The van der Waals surface area contributed by atoms with Gasteiger partial charge in [0.15, 0.2) is 5.82 Å². The zero-order chi connectivity index (χ0) is 46.4. The van der Waals surface area contributed by atoms with Crippen LogP contribution in [0.25, 0.3) is 21.9 Å². The second-order valence-electron chi connectivity index (χ2n) is 18.7. The number of halogens is 2. The molecule has 0 saturated carbocycles. The van der Waals surface area contributed by atoms with Crippen molar-refractivity contribution < 1.29 is 23.3 Å². The molecule has 4 aliphatic heterocycles. The molecule has 66 heavy (non-hydrogen) atoms. The molecule has 1 spiro atoms. The number of anilines is 6. The summed E-state index contributed by atoms with van der Waals surface area (Å²) < 4.78 is 37.4. The van der Waals surface area contributed by atoms with Gasteiger partial charge in [-0.25, -0.2) is 14.2 Å². The molecule has 16 nitrogen and oxygen atoms in total. The number of fused-ring (bicyclic) bond motifs is 2. The van der Waals surface area contributed by atoms with Crippen molar-refractivity contribution in [2.24, 2.45) is 12.5 Å². The average molecular weight is 936 g/mol. The Morgan fingerprint density at radius 3 is 2.39 bits per heavy atom. The number of nitrogens with one attached hydrogen (secondary N) is 3. The van der Waals surface area contributed by atoms with Crippen LogP contribution in [0.3, 0.4) is 0 Å². The van der Waals surface area contributed by atoms with Gasteiger partial charge in [-0.05, 0) is 88.4 Å². The van der Waals surface area contributed by atoms with Gasteiger partial charge < -0.3 is 29.7 Å². The number of methoxy groups -OCH3 is 1. The first-order chi connectivity index (χ1) is 31.5. The standard InChI is InChI=1S/C47H52ClFN11O5P/c1-26-18-34(53-45-50-21-30(48)43(55-45)52-33-11-10-32-29(42(33)66(5,6)64)19-31(49)27(2)51-32)39(65-4)20-38(26)59-24-47(25-59)22-58(23-47)28-14-16-57(17-15-28)35-8-7-9-36-41(35)56(3)46(63)60(36)37-12-13-40(61)54-44(37)62/h7-11,18-21,28,37H,12-17,22-25H2,1-6H3,(H,54,61,62)(H2,50,52,53,55). The number of rotatable bonds is 10. The predicted octanol–water partition coefficient (Wildman–Crippen LogP) is 6.60. The van der Waals surface area contributed by atoms with Crippen molar-refractivity contribution in [3.8, 4) is 5.75 Å². The lowest BCUT2D eigenvalue weighted by Gasteiger charge is -2.63. The van der Waals surface area contributed by atoms with E-state index in [0.29, 0.717) is 51.3 Å². The second kappa shape index (κ2) is 16.4. The summed E-state index contributed by atoms with van der Waals surface area (Å²) in [5, 5.41) is 10.1. The summed E-state index contributed by atoms with van der Waals surface area (Å²) in [6, 6.07) is 14.6. The third-order valence-corrected chi connectivity index (χ3v) is 15.6. The molecule has 1 unspecified atom stereocenters. The van der Waals surface area contributed by atoms with Crippen molar-refractivity contribution in [3.63, 3.8) is 0 Å². The fourth-order valence-corrected chi connectivity index (χ4v) is 12.2. The summed E-state index contributed by atoms with van der Waals surface area (Å²) in [4.78, 5) is 59.0. The minimum Gasteiger partial charge on any atom is -0.494 e. The molecule has 0 aliphatic carbocycles. The number of nitrogens with zero attached hydrogens (tertiary/aromatic N) is 8. The summed E-state index contributed by atoms with van der Waals surface area (Å²) in [5.41, 5.74) is 6.66. The van der Waals surface area contributed by atoms with Gasteiger partial charge in [-0.3, -0.25) is 33.9 Å². The predicted molar refractivity (Wildman–Crippen MR) is 257 cm³/mol. The fourth-order valence-electron chi connectivity index (χ4n) is 10.6. The molecule has 4 fully saturated rings. The summed E-state index contributed by atoms with van der Waals surface area (Å²) in [7, 11) is 0.447. The number of para-hydroxylation sites is 1. The van der Waals surface area contributed by atoms with Crippen molar-refractivity contribution >= 4 is 92.3 Å². The monoisotopic (exact) mass is 935 g/mol. The van der Waals surface area contributed by atoms with Crippen LogP contribution in [0.2, 0.25) is 5.02 Å². The lowest BCUT2D eigenvalue weighted by atomic mass is 9.71. The number of imide groups is 1. The van der Waals surface area contributed by atoms with Crippen LogP contribution < -0.4 is 41.5 Å². The molecule has 6 aromatic rings. The van der Waals surface area contributed by atoms with Crippen LogP contribution in [0, 0.1) is 25.1 Å². The van der Waals surface area contributed by atoms with Crippen LogP contribution in [0.15, 0.2) is 59.5 Å². The van der Waals surface area contributed by atoms with Crippen LogP contribution in [0.5, 0.6) is 5.75 Å². The lowest BCUT2D eigenvalue weighted by molar-refractivity contribution is -0.135. The summed E-state index contributed by atoms with van der Waals surface area (Å²) in [6.45, 7) is 12.7. The molecule has 0 radical (unpaired) electrons. The van der Waals surface area contributed by atoms with E-state index in [1.165, 1.54) is 12.3 Å². The van der Waals surface area contributed by atoms with Gasteiger partial charge in [0.1, 0.15) is 29.8 Å². The van der Waals surface area contributed by atoms with Gasteiger partial charge in [0.05, 0.1) is 52.6 Å². The van der Waals surface area contributed by atoms with E-state index in [2.05, 4.69) is 64.7 Å². The number of ether oxygens (including phenoxy) is 1. The maximum Gasteiger partial charge on any atom is 0.329 e. The first-order valence-electron chi connectivity index (χ1n) is 22.2. The number of carbonyl (C=O) groups excluding carboxylic acids is 2. The molecule has 19 heteroatoms. The molecule has 1 atom stereocenters.